The first-order valence-electron chi connectivity index (χ1n) is 4.17. The lowest BCUT2D eigenvalue weighted by molar-refractivity contribution is -0.0503. The Hall–Kier alpha value is -0.970. The van der Waals surface area contributed by atoms with Crippen molar-refractivity contribution in [2.45, 2.75) is 20.5 Å². The quantitative estimate of drug-likeness (QED) is 0.791. The maximum Gasteiger partial charge on any atom is 0.387 e. The molecule has 0 atom stereocenters. The van der Waals surface area contributed by atoms with Gasteiger partial charge in [-0.2, -0.15) is 8.78 Å². The van der Waals surface area contributed by atoms with Crippen LogP contribution in [0, 0.1) is 6.92 Å². The van der Waals surface area contributed by atoms with Crippen molar-refractivity contribution in [3.05, 3.63) is 27.7 Å². The van der Waals surface area contributed by atoms with Crippen molar-refractivity contribution in [1.82, 2.24) is 0 Å². The van der Waals surface area contributed by atoms with Gasteiger partial charge in [-0.05, 0) is 31.5 Å². The van der Waals surface area contributed by atoms with Gasteiger partial charge in [0.25, 0.3) is 0 Å². The van der Waals surface area contributed by atoms with Crippen LogP contribution < -0.4 is 4.74 Å². The van der Waals surface area contributed by atoms with Gasteiger partial charge in [0.2, 0.25) is 0 Å². The third kappa shape index (κ3) is 2.99. The van der Waals surface area contributed by atoms with Gasteiger partial charge >= 0.3 is 6.61 Å². The predicted molar refractivity (Wildman–Crippen MR) is 55.5 cm³/mol. The van der Waals surface area contributed by atoms with Crippen LogP contribution in [0.2, 0.25) is 0 Å². The normalized spacial score (nSPS) is 10.5. The SMILES string of the molecule is CC(=O)c1cc(OC(F)F)c(C)cc1Br. The number of aryl methyl sites for hydroxylation is 1. The van der Waals surface area contributed by atoms with E-state index in [2.05, 4.69) is 20.7 Å². The average molecular weight is 279 g/mol. The summed E-state index contributed by atoms with van der Waals surface area (Å²) in [5.41, 5.74) is 0.878. The number of halogens is 3. The Balaban J connectivity index is 3.17. The molecular formula is C10H9BrF2O2. The van der Waals surface area contributed by atoms with Crippen LogP contribution in [0.3, 0.4) is 0 Å². The number of hydrogen-bond donors (Lipinski definition) is 0. The Bertz CT molecular complexity index is 391. The van der Waals surface area contributed by atoms with Gasteiger partial charge in [0.05, 0.1) is 0 Å². The fourth-order valence-corrected chi connectivity index (χ4v) is 1.88. The Morgan fingerprint density at radius 1 is 1.47 bits per heavy atom. The Morgan fingerprint density at radius 2 is 2.07 bits per heavy atom. The second kappa shape index (κ2) is 4.70. The predicted octanol–water partition coefficient (Wildman–Crippen LogP) is 3.56. The molecule has 1 rings (SSSR count). The molecule has 0 fully saturated rings. The molecule has 0 N–H and O–H groups in total. The van der Waals surface area contributed by atoms with E-state index < -0.39 is 6.61 Å². The molecule has 0 bridgehead atoms. The van der Waals surface area contributed by atoms with E-state index >= 15 is 0 Å². The molecule has 0 saturated carbocycles. The van der Waals surface area contributed by atoms with E-state index in [1.54, 1.807) is 13.0 Å². The molecule has 0 spiro atoms. The summed E-state index contributed by atoms with van der Waals surface area (Å²) in [6.45, 7) is 0.109. The zero-order valence-corrected chi connectivity index (χ0v) is 9.77. The molecule has 1 aromatic carbocycles. The average Bonchev–Trinajstić information content (AvgIpc) is 2.08. The Labute approximate surface area is 94.4 Å². The molecule has 0 aromatic heterocycles. The standard InChI is InChI=1S/C10H9BrF2O2/c1-5-3-8(11)7(6(2)14)4-9(5)15-10(12)13/h3-4,10H,1-2H3. The van der Waals surface area contributed by atoms with E-state index in [4.69, 9.17) is 0 Å². The number of Topliss-reactive ketones (excluding diaryl/α,β-unsaturated/α-hetero) is 1. The van der Waals surface area contributed by atoms with Crippen molar-refractivity contribution in [3.8, 4) is 5.75 Å². The fraction of sp³-hybridized carbons (Fsp3) is 0.300. The van der Waals surface area contributed by atoms with E-state index in [0.29, 0.717) is 15.6 Å². The van der Waals surface area contributed by atoms with Gasteiger partial charge in [-0.25, -0.2) is 0 Å². The third-order valence-corrected chi connectivity index (χ3v) is 2.52. The van der Waals surface area contributed by atoms with Crippen LogP contribution in [0.15, 0.2) is 16.6 Å². The van der Waals surface area contributed by atoms with E-state index in [1.807, 2.05) is 0 Å². The first-order valence-corrected chi connectivity index (χ1v) is 4.97. The number of carbonyl (C=O) groups is 1. The van der Waals surface area contributed by atoms with Crippen molar-refractivity contribution in [3.63, 3.8) is 0 Å². The molecule has 82 valence electrons. The topological polar surface area (TPSA) is 26.3 Å². The molecule has 0 saturated heterocycles. The summed E-state index contributed by atoms with van der Waals surface area (Å²) in [5, 5.41) is 0. The first kappa shape index (κ1) is 12.1. The lowest BCUT2D eigenvalue weighted by Crippen LogP contribution is -2.05. The summed E-state index contributed by atoms with van der Waals surface area (Å²) in [5.74, 6) is -0.181. The van der Waals surface area contributed by atoms with Gasteiger partial charge < -0.3 is 4.74 Å². The van der Waals surface area contributed by atoms with Gasteiger partial charge in [-0.15, -0.1) is 0 Å². The van der Waals surface area contributed by atoms with Crippen LogP contribution in [0.1, 0.15) is 22.8 Å². The van der Waals surface area contributed by atoms with Crippen LogP contribution in [-0.2, 0) is 0 Å². The summed E-state index contributed by atoms with van der Waals surface area (Å²) in [4.78, 5) is 11.1. The summed E-state index contributed by atoms with van der Waals surface area (Å²) in [7, 11) is 0. The number of rotatable bonds is 3. The molecule has 0 radical (unpaired) electrons. The van der Waals surface area contributed by atoms with Crippen LogP contribution in [0.4, 0.5) is 8.78 Å². The highest BCUT2D eigenvalue weighted by atomic mass is 79.9. The van der Waals surface area contributed by atoms with Gasteiger partial charge in [0, 0.05) is 10.0 Å². The molecule has 0 amide bonds. The summed E-state index contributed by atoms with van der Waals surface area (Å²) in [6, 6.07) is 2.89. The van der Waals surface area contributed by atoms with Crippen LogP contribution in [0.25, 0.3) is 0 Å². The number of carbonyl (C=O) groups excluding carboxylic acids is 1. The molecule has 15 heavy (non-hydrogen) atoms. The molecule has 0 heterocycles. The minimum atomic E-state index is -2.88. The number of ketones is 1. The van der Waals surface area contributed by atoms with Crippen LogP contribution in [-0.4, -0.2) is 12.4 Å². The zero-order valence-electron chi connectivity index (χ0n) is 8.18. The van der Waals surface area contributed by atoms with E-state index in [9.17, 15) is 13.6 Å². The summed E-state index contributed by atoms with van der Waals surface area (Å²) >= 11 is 3.18. The van der Waals surface area contributed by atoms with Gasteiger partial charge in [0.1, 0.15) is 5.75 Å². The van der Waals surface area contributed by atoms with Crippen molar-refractivity contribution in [2.24, 2.45) is 0 Å². The molecule has 0 unspecified atom stereocenters. The minimum Gasteiger partial charge on any atom is -0.435 e. The van der Waals surface area contributed by atoms with Crippen LogP contribution >= 0.6 is 15.9 Å². The highest BCUT2D eigenvalue weighted by Gasteiger charge is 2.13. The molecule has 5 heteroatoms. The minimum absolute atomic E-state index is 0.0263. The molecule has 0 aliphatic rings. The number of ether oxygens (including phenoxy) is 1. The Morgan fingerprint density at radius 3 is 2.53 bits per heavy atom. The molecular weight excluding hydrogens is 270 g/mol. The van der Waals surface area contributed by atoms with E-state index in [1.165, 1.54) is 13.0 Å². The second-order valence-corrected chi connectivity index (χ2v) is 3.89. The first-order chi connectivity index (χ1) is 6.91. The molecule has 1 aromatic rings. The zero-order chi connectivity index (χ0) is 11.6. The lowest BCUT2D eigenvalue weighted by Gasteiger charge is -2.10. The Kier molecular flexibility index (Phi) is 3.79. The van der Waals surface area contributed by atoms with Gasteiger partial charge in [0.15, 0.2) is 5.78 Å². The third-order valence-electron chi connectivity index (χ3n) is 1.86. The van der Waals surface area contributed by atoms with Crippen molar-refractivity contribution in [2.75, 3.05) is 0 Å². The maximum atomic E-state index is 12.0. The molecule has 0 aliphatic carbocycles. The largest absolute Gasteiger partial charge is 0.435 e. The highest BCUT2D eigenvalue weighted by Crippen LogP contribution is 2.28. The van der Waals surface area contributed by atoms with Crippen molar-refractivity contribution < 1.29 is 18.3 Å². The lowest BCUT2D eigenvalue weighted by atomic mass is 10.1. The van der Waals surface area contributed by atoms with Gasteiger partial charge in [-0.3, -0.25) is 4.79 Å². The number of alkyl halides is 2. The highest BCUT2D eigenvalue weighted by molar-refractivity contribution is 9.10. The second-order valence-electron chi connectivity index (χ2n) is 3.03. The van der Waals surface area contributed by atoms with Crippen molar-refractivity contribution >= 4 is 21.7 Å². The number of hydrogen-bond acceptors (Lipinski definition) is 2. The van der Waals surface area contributed by atoms with Crippen molar-refractivity contribution in [1.29, 1.82) is 0 Å². The monoisotopic (exact) mass is 278 g/mol. The maximum absolute atomic E-state index is 12.0. The smallest absolute Gasteiger partial charge is 0.387 e. The van der Waals surface area contributed by atoms with E-state index in [-0.39, 0.29) is 11.5 Å². The van der Waals surface area contributed by atoms with Crippen LogP contribution in [0.5, 0.6) is 5.75 Å². The van der Waals surface area contributed by atoms with Gasteiger partial charge in [-0.1, -0.05) is 15.9 Å². The fourth-order valence-electron chi connectivity index (χ4n) is 1.15. The molecule has 0 aliphatic heterocycles. The summed E-state index contributed by atoms with van der Waals surface area (Å²) < 4.78 is 28.9. The number of benzene rings is 1. The molecule has 2 nitrogen and oxygen atoms in total. The summed E-state index contributed by atoms with van der Waals surface area (Å²) in [6.07, 6.45) is 0. The van der Waals surface area contributed by atoms with E-state index in [0.717, 1.165) is 0 Å².